The quantitative estimate of drug-likeness (QED) is 0.678. The SMILES string of the molecule is Cc1ccc2nc3c(cc2c1)[C@@H]1[C@H](CO3)CON1c1ccccc1. The predicted molar refractivity (Wildman–Crippen MR) is 93.1 cm³/mol. The van der Waals surface area contributed by atoms with Crippen LogP contribution in [0.15, 0.2) is 54.6 Å². The summed E-state index contributed by atoms with van der Waals surface area (Å²) >= 11 is 0. The topological polar surface area (TPSA) is 34.6 Å². The molecule has 0 saturated carbocycles. The minimum absolute atomic E-state index is 0.147. The van der Waals surface area contributed by atoms with Crippen LogP contribution in [0.5, 0.6) is 5.88 Å². The third kappa shape index (κ3) is 2.07. The number of benzene rings is 2. The molecule has 5 rings (SSSR count). The summed E-state index contributed by atoms with van der Waals surface area (Å²) < 4.78 is 5.94. The van der Waals surface area contributed by atoms with E-state index in [2.05, 4.69) is 43.3 Å². The molecule has 24 heavy (non-hydrogen) atoms. The number of nitrogens with zero attached hydrogens (tertiary/aromatic N) is 2. The molecule has 4 heteroatoms. The Balaban J connectivity index is 1.66. The summed E-state index contributed by atoms with van der Waals surface area (Å²) in [7, 11) is 0. The van der Waals surface area contributed by atoms with Crippen LogP contribution in [0.3, 0.4) is 0 Å². The van der Waals surface area contributed by atoms with Crippen LogP contribution in [-0.2, 0) is 4.84 Å². The molecule has 0 bridgehead atoms. The molecule has 1 saturated heterocycles. The summed E-state index contributed by atoms with van der Waals surface area (Å²) in [5.41, 5.74) is 4.40. The van der Waals surface area contributed by atoms with Gasteiger partial charge in [0.2, 0.25) is 5.88 Å². The summed E-state index contributed by atoms with van der Waals surface area (Å²) in [6, 6.07) is 18.9. The summed E-state index contributed by atoms with van der Waals surface area (Å²) in [6.45, 7) is 3.42. The van der Waals surface area contributed by atoms with E-state index < -0.39 is 0 Å². The highest BCUT2D eigenvalue weighted by atomic mass is 16.7. The third-order valence-electron chi connectivity index (χ3n) is 4.85. The lowest BCUT2D eigenvalue weighted by atomic mass is 9.92. The van der Waals surface area contributed by atoms with E-state index in [4.69, 9.17) is 14.6 Å². The van der Waals surface area contributed by atoms with Gasteiger partial charge in [-0.2, -0.15) is 0 Å². The van der Waals surface area contributed by atoms with Crippen LogP contribution < -0.4 is 9.80 Å². The van der Waals surface area contributed by atoms with E-state index in [9.17, 15) is 0 Å². The first-order valence-electron chi connectivity index (χ1n) is 8.31. The van der Waals surface area contributed by atoms with Gasteiger partial charge in [-0.25, -0.2) is 10.0 Å². The number of aromatic nitrogens is 1. The molecule has 2 aromatic carbocycles. The highest BCUT2D eigenvalue weighted by molar-refractivity contribution is 5.81. The Labute approximate surface area is 140 Å². The first-order chi connectivity index (χ1) is 11.8. The molecule has 1 fully saturated rings. The largest absolute Gasteiger partial charge is 0.477 e. The fourth-order valence-electron chi connectivity index (χ4n) is 3.68. The summed E-state index contributed by atoms with van der Waals surface area (Å²) in [5, 5.41) is 3.17. The second kappa shape index (κ2) is 5.21. The molecule has 0 spiro atoms. The molecule has 120 valence electrons. The maximum atomic E-state index is 6.00. The van der Waals surface area contributed by atoms with Gasteiger partial charge in [0.15, 0.2) is 0 Å². The summed E-state index contributed by atoms with van der Waals surface area (Å²) in [6.07, 6.45) is 0. The molecule has 3 heterocycles. The van der Waals surface area contributed by atoms with E-state index in [0.717, 1.165) is 28.0 Å². The Morgan fingerprint density at radius 3 is 2.79 bits per heavy atom. The monoisotopic (exact) mass is 318 g/mol. The zero-order valence-electron chi connectivity index (χ0n) is 13.5. The van der Waals surface area contributed by atoms with Gasteiger partial charge in [-0.3, -0.25) is 4.84 Å². The molecule has 0 unspecified atom stereocenters. The second-order valence-electron chi connectivity index (χ2n) is 6.55. The van der Waals surface area contributed by atoms with Crippen LogP contribution in [0.1, 0.15) is 17.2 Å². The highest BCUT2D eigenvalue weighted by Crippen LogP contribution is 2.45. The summed E-state index contributed by atoms with van der Waals surface area (Å²) in [4.78, 5) is 10.7. The number of pyridine rings is 1. The molecule has 2 aliphatic heterocycles. The normalized spacial score (nSPS) is 22.1. The molecule has 4 nitrogen and oxygen atoms in total. The lowest BCUT2D eigenvalue weighted by Crippen LogP contribution is -2.31. The zero-order valence-corrected chi connectivity index (χ0v) is 13.5. The van der Waals surface area contributed by atoms with Crippen molar-refractivity contribution in [3.8, 4) is 5.88 Å². The average Bonchev–Trinajstić information content (AvgIpc) is 3.05. The Morgan fingerprint density at radius 2 is 1.92 bits per heavy atom. The Morgan fingerprint density at radius 1 is 1.04 bits per heavy atom. The van der Waals surface area contributed by atoms with Crippen LogP contribution in [0, 0.1) is 12.8 Å². The lowest BCUT2D eigenvalue weighted by Gasteiger charge is -2.32. The predicted octanol–water partition coefficient (Wildman–Crippen LogP) is 4.04. The third-order valence-corrected chi connectivity index (χ3v) is 4.85. The van der Waals surface area contributed by atoms with Gasteiger partial charge in [-0.1, -0.05) is 29.8 Å². The number of hydrogen-bond donors (Lipinski definition) is 0. The van der Waals surface area contributed by atoms with E-state index in [1.54, 1.807) is 0 Å². The molecule has 0 amide bonds. The van der Waals surface area contributed by atoms with Crippen LogP contribution in [0.25, 0.3) is 10.9 Å². The van der Waals surface area contributed by atoms with E-state index in [1.807, 2.05) is 23.3 Å². The second-order valence-corrected chi connectivity index (χ2v) is 6.55. The first-order valence-corrected chi connectivity index (χ1v) is 8.31. The van der Waals surface area contributed by atoms with Crippen molar-refractivity contribution in [1.29, 1.82) is 0 Å². The van der Waals surface area contributed by atoms with E-state index in [1.165, 1.54) is 5.56 Å². The molecule has 0 aliphatic carbocycles. The number of ether oxygens (including phenoxy) is 1. The van der Waals surface area contributed by atoms with Gasteiger partial charge < -0.3 is 4.74 Å². The summed E-state index contributed by atoms with van der Waals surface area (Å²) in [5.74, 6) is 1.06. The van der Waals surface area contributed by atoms with Crippen LogP contribution in [0.2, 0.25) is 0 Å². The standard InChI is InChI=1S/C20H18N2O2/c1-13-7-8-18-14(9-13)10-17-19-15(11-23-20(17)21-18)12-24-22(19)16-5-3-2-4-6-16/h2-10,15,19H,11-12H2,1H3/t15-,19+/m1/s1. The molecule has 3 aromatic rings. The molecule has 2 aliphatic rings. The Bertz CT molecular complexity index is 910. The average molecular weight is 318 g/mol. The van der Waals surface area contributed by atoms with Crippen molar-refractivity contribution in [3.05, 3.63) is 65.7 Å². The van der Waals surface area contributed by atoms with Crippen molar-refractivity contribution in [1.82, 2.24) is 4.98 Å². The van der Waals surface area contributed by atoms with Crippen molar-refractivity contribution in [2.24, 2.45) is 5.92 Å². The van der Waals surface area contributed by atoms with Crippen molar-refractivity contribution in [2.45, 2.75) is 13.0 Å². The molecule has 2 atom stereocenters. The molecule has 0 N–H and O–H groups in total. The van der Waals surface area contributed by atoms with Gasteiger partial charge in [0.1, 0.15) is 0 Å². The minimum atomic E-state index is 0.147. The Kier molecular flexibility index (Phi) is 3.00. The van der Waals surface area contributed by atoms with Gasteiger partial charge in [-0.05, 0) is 37.3 Å². The van der Waals surface area contributed by atoms with Crippen molar-refractivity contribution in [2.75, 3.05) is 18.3 Å². The lowest BCUT2D eigenvalue weighted by molar-refractivity contribution is 0.146. The van der Waals surface area contributed by atoms with Crippen molar-refractivity contribution in [3.63, 3.8) is 0 Å². The van der Waals surface area contributed by atoms with Gasteiger partial charge in [0.25, 0.3) is 0 Å². The van der Waals surface area contributed by atoms with E-state index >= 15 is 0 Å². The Hall–Kier alpha value is -2.59. The number of hydroxylamine groups is 1. The number of aryl methyl sites for hydroxylation is 1. The first kappa shape index (κ1) is 13.8. The minimum Gasteiger partial charge on any atom is -0.477 e. The van der Waals surface area contributed by atoms with Crippen molar-refractivity contribution >= 4 is 16.6 Å². The number of fused-ring (bicyclic) bond motifs is 4. The number of para-hydroxylation sites is 1. The number of rotatable bonds is 1. The van der Waals surface area contributed by atoms with Crippen LogP contribution in [0.4, 0.5) is 5.69 Å². The highest BCUT2D eigenvalue weighted by Gasteiger charge is 2.42. The number of hydrogen-bond acceptors (Lipinski definition) is 4. The fourth-order valence-corrected chi connectivity index (χ4v) is 3.68. The maximum absolute atomic E-state index is 6.00. The van der Waals surface area contributed by atoms with E-state index in [-0.39, 0.29) is 6.04 Å². The molecular weight excluding hydrogens is 300 g/mol. The van der Waals surface area contributed by atoms with Gasteiger partial charge in [-0.15, -0.1) is 0 Å². The van der Waals surface area contributed by atoms with Gasteiger partial charge in [0.05, 0.1) is 30.5 Å². The van der Waals surface area contributed by atoms with Gasteiger partial charge >= 0.3 is 0 Å². The van der Waals surface area contributed by atoms with Crippen LogP contribution in [-0.4, -0.2) is 18.2 Å². The van der Waals surface area contributed by atoms with Gasteiger partial charge in [0, 0.05) is 16.9 Å². The van der Waals surface area contributed by atoms with Crippen molar-refractivity contribution < 1.29 is 9.57 Å². The van der Waals surface area contributed by atoms with Crippen LogP contribution >= 0.6 is 0 Å². The zero-order chi connectivity index (χ0) is 16.1. The number of anilines is 1. The maximum Gasteiger partial charge on any atom is 0.219 e. The molecule has 0 radical (unpaired) electrons. The van der Waals surface area contributed by atoms with E-state index in [0.29, 0.717) is 19.1 Å². The molecular formula is C20H18N2O2. The molecule has 1 aromatic heterocycles. The smallest absolute Gasteiger partial charge is 0.219 e. The fraction of sp³-hybridized carbons (Fsp3) is 0.250.